The van der Waals surface area contributed by atoms with Gasteiger partial charge in [-0.05, 0) is 73.7 Å². The Morgan fingerprint density at radius 2 is 1.61 bits per heavy atom. The molecule has 1 saturated heterocycles. The highest BCUT2D eigenvalue weighted by atomic mass is 32.2. The second-order valence-electron chi connectivity index (χ2n) is 10.8. The number of alkyl halides is 3. The van der Waals surface area contributed by atoms with Crippen molar-refractivity contribution in [3.05, 3.63) is 90.0 Å². The van der Waals surface area contributed by atoms with Crippen molar-refractivity contribution in [3.8, 4) is 5.75 Å². The van der Waals surface area contributed by atoms with Crippen molar-refractivity contribution < 1.29 is 31.4 Å². The van der Waals surface area contributed by atoms with Crippen LogP contribution in [0.3, 0.4) is 0 Å². The number of anilines is 1. The summed E-state index contributed by atoms with van der Waals surface area (Å²) in [5.41, 5.74) is -1.06. The van der Waals surface area contributed by atoms with Crippen LogP contribution in [0.2, 0.25) is 0 Å². The van der Waals surface area contributed by atoms with Crippen molar-refractivity contribution in [1.29, 1.82) is 0 Å². The number of hydrogen-bond acceptors (Lipinski definition) is 5. The molecule has 2 fully saturated rings. The van der Waals surface area contributed by atoms with E-state index in [2.05, 4.69) is 4.90 Å². The molecule has 0 amide bonds. The Bertz CT molecular complexity index is 1430. The lowest BCUT2D eigenvalue weighted by Gasteiger charge is -2.49. The molecule has 220 valence electrons. The molecule has 2 aliphatic rings. The maximum atomic E-state index is 14.0. The van der Waals surface area contributed by atoms with Gasteiger partial charge in [-0.1, -0.05) is 49.2 Å². The van der Waals surface area contributed by atoms with Crippen LogP contribution in [0.15, 0.2) is 83.8 Å². The zero-order valence-electron chi connectivity index (χ0n) is 22.9. The maximum absolute atomic E-state index is 14.0. The van der Waals surface area contributed by atoms with Gasteiger partial charge in [0.05, 0.1) is 23.3 Å². The first kappa shape index (κ1) is 29.4. The molecule has 41 heavy (non-hydrogen) atoms. The van der Waals surface area contributed by atoms with Gasteiger partial charge in [0.1, 0.15) is 11.4 Å². The van der Waals surface area contributed by atoms with Gasteiger partial charge in [0, 0.05) is 25.2 Å². The first-order valence-corrected chi connectivity index (χ1v) is 15.4. The Hall–Kier alpha value is -3.08. The molecule has 5 rings (SSSR count). The van der Waals surface area contributed by atoms with Crippen LogP contribution in [0.1, 0.15) is 49.7 Å². The van der Waals surface area contributed by atoms with E-state index in [0.717, 1.165) is 41.3 Å². The summed E-state index contributed by atoms with van der Waals surface area (Å²) in [6.45, 7) is 1.02. The van der Waals surface area contributed by atoms with Gasteiger partial charge in [-0.2, -0.15) is 13.2 Å². The summed E-state index contributed by atoms with van der Waals surface area (Å²) in [5.74, 6) is 0.473. The summed E-state index contributed by atoms with van der Waals surface area (Å²) in [7, 11) is -2.74. The number of hydrogen-bond donors (Lipinski definition) is 1. The summed E-state index contributed by atoms with van der Waals surface area (Å²) in [6.07, 6.45) is -0.428. The van der Waals surface area contributed by atoms with Crippen LogP contribution < -0.4 is 9.04 Å². The largest absolute Gasteiger partial charge is 0.497 e. The van der Waals surface area contributed by atoms with Crippen molar-refractivity contribution in [2.75, 3.05) is 24.5 Å². The van der Waals surface area contributed by atoms with Gasteiger partial charge in [-0.3, -0.25) is 9.21 Å². The number of likely N-dealkylation sites (tertiary alicyclic amines) is 1. The lowest BCUT2D eigenvalue weighted by atomic mass is 9.74. The van der Waals surface area contributed by atoms with Crippen molar-refractivity contribution in [2.24, 2.45) is 0 Å². The predicted molar refractivity (Wildman–Crippen MR) is 151 cm³/mol. The molecule has 1 aliphatic carbocycles. The number of nitrogens with zero attached hydrogens (tertiary/aromatic N) is 2. The topological polar surface area (TPSA) is 70.1 Å². The third-order valence-corrected chi connectivity index (χ3v) is 10.3. The Balaban J connectivity index is 1.45. The van der Waals surface area contributed by atoms with Crippen LogP contribution in [0.4, 0.5) is 18.9 Å². The normalized spacial score (nSPS) is 22.8. The van der Waals surface area contributed by atoms with E-state index >= 15 is 0 Å². The Morgan fingerprint density at radius 1 is 0.927 bits per heavy atom. The molecule has 1 N–H and O–H groups in total. The third-order valence-electron chi connectivity index (χ3n) is 8.43. The van der Waals surface area contributed by atoms with E-state index in [4.69, 9.17) is 4.74 Å². The number of methoxy groups -OCH3 is 1. The fourth-order valence-electron chi connectivity index (χ4n) is 6.34. The average molecular weight is 589 g/mol. The zero-order valence-corrected chi connectivity index (χ0v) is 23.7. The second kappa shape index (κ2) is 11.7. The van der Waals surface area contributed by atoms with Crippen LogP contribution in [0.5, 0.6) is 5.75 Å². The number of halogens is 3. The van der Waals surface area contributed by atoms with E-state index in [0.29, 0.717) is 38.1 Å². The van der Waals surface area contributed by atoms with Crippen molar-refractivity contribution in [2.45, 2.75) is 67.3 Å². The minimum atomic E-state index is -4.61. The average Bonchev–Trinajstić information content (AvgIpc) is 2.98. The molecule has 0 unspecified atom stereocenters. The van der Waals surface area contributed by atoms with Gasteiger partial charge in [0.15, 0.2) is 0 Å². The van der Waals surface area contributed by atoms with E-state index in [-0.39, 0.29) is 16.6 Å². The van der Waals surface area contributed by atoms with Crippen LogP contribution >= 0.6 is 0 Å². The van der Waals surface area contributed by atoms with Crippen LogP contribution in [0, 0.1) is 0 Å². The molecule has 10 heteroatoms. The van der Waals surface area contributed by atoms with Gasteiger partial charge < -0.3 is 9.84 Å². The maximum Gasteiger partial charge on any atom is 0.416 e. The number of piperidine rings is 1. The number of sulfonamides is 1. The van der Waals surface area contributed by atoms with E-state index in [1.54, 1.807) is 0 Å². The third kappa shape index (κ3) is 5.96. The van der Waals surface area contributed by atoms with Gasteiger partial charge in [0.25, 0.3) is 10.0 Å². The molecular formula is C31H35F3N2O4S. The highest BCUT2D eigenvalue weighted by Gasteiger charge is 2.45. The highest BCUT2D eigenvalue weighted by molar-refractivity contribution is 7.92. The van der Waals surface area contributed by atoms with E-state index in [1.165, 1.54) is 43.5 Å². The summed E-state index contributed by atoms with van der Waals surface area (Å²) in [6, 6.07) is 19.3. The molecule has 0 spiro atoms. The summed E-state index contributed by atoms with van der Waals surface area (Å²) in [5, 5.41) is 11.9. The fraction of sp³-hybridized carbons (Fsp3) is 0.419. The SMILES string of the molecule is COc1ccc(S(=O)(=O)N(c2cccc(C(F)(F)F)c2)C2CCN([C@@H]3CCCC[C@]3(O)c3ccccc3)CC2)cc1. The van der Waals surface area contributed by atoms with Crippen LogP contribution in [-0.2, 0) is 21.8 Å². The Morgan fingerprint density at radius 3 is 2.24 bits per heavy atom. The quantitative estimate of drug-likeness (QED) is 0.356. The molecule has 2 atom stereocenters. The van der Waals surface area contributed by atoms with Gasteiger partial charge in [-0.25, -0.2) is 8.42 Å². The molecule has 0 aromatic heterocycles. The van der Waals surface area contributed by atoms with Gasteiger partial charge in [0.2, 0.25) is 0 Å². The summed E-state index contributed by atoms with van der Waals surface area (Å²) >= 11 is 0. The molecule has 0 bridgehead atoms. The number of ether oxygens (including phenoxy) is 1. The van der Waals surface area contributed by atoms with Crippen molar-refractivity contribution >= 4 is 15.7 Å². The zero-order chi connectivity index (χ0) is 29.3. The van der Waals surface area contributed by atoms with E-state index in [1.807, 2.05) is 30.3 Å². The second-order valence-corrected chi connectivity index (χ2v) is 12.7. The predicted octanol–water partition coefficient (Wildman–Crippen LogP) is 6.20. The van der Waals surface area contributed by atoms with E-state index < -0.39 is 33.4 Å². The van der Waals surface area contributed by atoms with Crippen molar-refractivity contribution in [3.63, 3.8) is 0 Å². The number of aliphatic hydroxyl groups is 1. The molecule has 1 aliphatic heterocycles. The molecular weight excluding hydrogens is 553 g/mol. The monoisotopic (exact) mass is 588 g/mol. The first-order valence-electron chi connectivity index (χ1n) is 13.9. The van der Waals surface area contributed by atoms with Gasteiger partial charge >= 0.3 is 6.18 Å². The summed E-state index contributed by atoms with van der Waals surface area (Å²) in [4.78, 5) is 2.20. The molecule has 3 aromatic rings. The lowest BCUT2D eigenvalue weighted by molar-refractivity contribution is -0.137. The smallest absolute Gasteiger partial charge is 0.416 e. The van der Waals surface area contributed by atoms with Crippen LogP contribution in [0.25, 0.3) is 0 Å². The summed E-state index contributed by atoms with van der Waals surface area (Å²) < 4.78 is 75.2. The van der Waals surface area contributed by atoms with Crippen molar-refractivity contribution in [1.82, 2.24) is 4.90 Å². The molecule has 1 heterocycles. The minimum Gasteiger partial charge on any atom is -0.497 e. The number of rotatable bonds is 7. The molecule has 3 aromatic carbocycles. The van der Waals surface area contributed by atoms with Gasteiger partial charge in [-0.15, -0.1) is 0 Å². The Labute approximate surface area is 239 Å². The molecule has 1 saturated carbocycles. The minimum absolute atomic E-state index is 0.0208. The fourth-order valence-corrected chi connectivity index (χ4v) is 8.05. The molecule has 6 nitrogen and oxygen atoms in total. The molecule has 0 radical (unpaired) electrons. The van der Waals surface area contributed by atoms with Crippen LogP contribution in [-0.4, -0.2) is 50.7 Å². The van der Waals surface area contributed by atoms with E-state index in [9.17, 15) is 26.7 Å². The standard InChI is InChI=1S/C31H35F3N2O4S/c1-40-27-13-15-28(16-14-27)41(38,39)36(26-11-7-10-24(22-26)31(32,33)34)25-17-20-35(21-18-25)29-12-5-6-19-30(29,37)23-8-3-2-4-9-23/h2-4,7-11,13-16,22,25,29,37H,5-6,12,17-21H2,1H3/t29-,30+/m1/s1. The Kier molecular flexibility index (Phi) is 8.36. The highest BCUT2D eigenvalue weighted by Crippen LogP contribution is 2.42. The lowest BCUT2D eigenvalue weighted by Crippen LogP contribution is -2.57. The number of benzene rings is 3. The first-order chi connectivity index (χ1) is 19.5.